The van der Waals surface area contributed by atoms with E-state index in [-0.39, 0.29) is 17.6 Å². The first-order chi connectivity index (χ1) is 13.0. The predicted octanol–water partition coefficient (Wildman–Crippen LogP) is 3.41. The van der Waals surface area contributed by atoms with Gasteiger partial charge in [-0.3, -0.25) is 9.59 Å². The fraction of sp³-hybridized carbons (Fsp3) is 0.412. The summed E-state index contributed by atoms with van der Waals surface area (Å²) in [5, 5.41) is 13.8. The number of unbranched alkanes of at least 4 members (excludes halogenated alkanes) is 1. The van der Waals surface area contributed by atoms with Crippen molar-refractivity contribution in [3.05, 3.63) is 18.2 Å². The lowest BCUT2D eigenvalue weighted by Gasteiger charge is -2.11. The molecule has 2 amide bonds. The smallest absolute Gasteiger partial charge is 0.234 e. The molecule has 27 heavy (non-hydrogen) atoms. The zero-order valence-electron chi connectivity index (χ0n) is 15.4. The number of hydrogen-bond acceptors (Lipinski definition) is 8. The molecule has 0 bridgehead atoms. The summed E-state index contributed by atoms with van der Waals surface area (Å²) in [6.07, 6.45) is 2.25. The van der Waals surface area contributed by atoms with Crippen LogP contribution in [0.25, 0.3) is 0 Å². The maximum Gasteiger partial charge on any atom is 0.234 e. The largest absolute Gasteiger partial charge is 0.497 e. The molecule has 0 radical (unpaired) electrons. The maximum atomic E-state index is 12.2. The van der Waals surface area contributed by atoms with Gasteiger partial charge in [0.25, 0.3) is 0 Å². The van der Waals surface area contributed by atoms with E-state index in [9.17, 15) is 9.59 Å². The summed E-state index contributed by atoms with van der Waals surface area (Å²) in [4.78, 5) is 23.9. The number of benzene rings is 1. The van der Waals surface area contributed by atoms with Crippen molar-refractivity contribution >= 4 is 45.7 Å². The summed E-state index contributed by atoms with van der Waals surface area (Å²) in [6, 6.07) is 5.16. The molecule has 146 valence electrons. The van der Waals surface area contributed by atoms with Crippen molar-refractivity contribution in [3.8, 4) is 11.5 Å². The quantitative estimate of drug-likeness (QED) is 0.457. The molecule has 1 aromatic carbocycles. The summed E-state index contributed by atoms with van der Waals surface area (Å²) in [6.45, 7) is 2.03. The highest BCUT2D eigenvalue weighted by Gasteiger charge is 2.12. The summed E-state index contributed by atoms with van der Waals surface area (Å²) in [5.74, 6) is 1.02. The molecule has 1 aromatic heterocycles. The number of amides is 2. The number of ether oxygens (including phenoxy) is 2. The Morgan fingerprint density at radius 1 is 1.15 bits per heavy atom. The van der Waals surface area contributed by atoms with Crippen molar-refractivity contribution in [2.24, 2.45) is 0 Å². The number of rotatable bonds is 10. The Balaban J connectivity index is 1.86. The minimum atomic E-state index is -0.213. The van der Waals surface area contributed by atoms with Crippen LogP contribution in [-0.2, 0) is 9.59 Å². The molecule has 0 atom stereocenters. The van der Waals surface area contributed by atoms with Crippen LogP contribution >= 0.6 is 23.1 Å². The molecule has 1 heterocycles. The number of aromatic nitrogens is 2. The second-order valence-electron chi connectivity index (χ2n) is 5.43. The van der Waals surface area contributed by atoms with Crippen molar-refractivity contribution in [3.63, 3.8) is 0 Å². The Morgan fingerprint density at radius 2 is 1.96 bits per heavy atom. The Morgan fingerprint density at radius 3 is 2.67 bits per heavy atom. The van der Waals surface area contributed by atoms with Crippen molar-refractivity contribution in [2.75, 3.05) is 30.6 Å². The normalized spacial score (nSPS) is 10.3. The van der Waals surface area contributed by atoms with E-state index in [0.29, 0.717) is 33.1 Å². The van der Waals surface area contributed by atoms with Gasteiger partial charge in [0.1, 0.15) is 11.5 Å². The topological polar surface area (TPSA) is 102 Å². The lowest BCUT2D eigenvalue weighted by Crippen LogP contribution is -2.14. The molecule has 0 aliphatic heterocycles. The van der Waals surface area contributed by atoms with Gasteiger partial charge in [0.05, 0.1) is 25.7 Å². The predicted molar refractivity (Wildman–Crippen MR) is 107 cm³/mol. The lowest BCUT2D eigenvalue weighted by atomic mass is 10.2. The molecule has 0 aliphatic rings. The number of anilines is 2. The van der Waals surface area contributed by atoms with Crippen LogP contribution < -0.4 is 20.1 Å². The van der Waals surface area contributed by atoms with E-state index in [0.717, 1.165) is 12.8 Å². The first kappa shape index (κ1) is 21.0. The molecule has 2 N–H and O–H groups in total. The monoisotopic (exact) mass is 410 g/mol. The number of hydrogen-bond donors (Lipinski definition) is 2. The number of nitrogens with zero attached hydrogens (tertiary/aromatic N) is 2. The van der Waals surface area contributed by atoms with Gasteiger partial charge in [0.15, 0.2) is 4.34 Å². The molecule has 0 fully saturated rings. The van der Waals surface area contributed by atoms with Gasteiger partial charge in [-0.1, -0.05) is 36.4 Å². The number of carbonyl (C=O) groups excluding carboxylic acids is 2. The van der Waals surface area contributed by atoms with E-state index in [1.165, 1.54) is 30.2 Å². The second kappa shape index (κ2) is 10.7. The number of methoxy groups -OCH3 is 2. The molecule has 0 saturated heterocycles. The van der Waals surface area contributed by atoms with Gasteiger partial charge in [0.2, 0.25) is 16.9 Å². The minimum absolute atomic E-state index is 0.0765. The Bertz CT molecular complexity index is 782. The third kappa shape index (κ3) is 6.72. The van der Waals surface area contributed by atoms with Crippen LogP contribution in [0.15, 0.2) is 22.5 Å². The Hall–Kier alpha value is -2.33. The van der Waals surface area contributed by atoms with Crippen LogP contribution in [0.1, 0.15) is 26.2 Å². The zero-order valence-corrected chi connectivity index (χ0v) is 17.0. The molecule has 10 heteroatoms. The van der Waals surface area contributed by atoms with E-state index in [1.807, 2.05) is 6.92 Å². The molecular formula is C17H22N4O4S2. The number of nitrogens with one attached hydrogen (secondary N) is 2. The van der Waals surface area contributed by atoms with Crippen LogP contribution in [0.4, 0.5) is 10.8 Å². The van der Waals surface area contributed by atoms with E-state index >= 15 is 0 Å². The minimum Gasteiger partial charge on any atom is -0.497 e. The van der Waals surface area contributed by atoms with Gasteiger partial charge in [0, 0.05) is 12.5 Å². The van der Waals surface area contributed by atoms with Crippen molar-refractivity contribution in [2.45, 2.75) is 30.5 Å². The first-order valence-electron chi connectivity index (χ1n) is 8.33. The van der Waals surface area contributed by atoms with Crippen LogP contribution in [-0.4, -0.2) is 42.0 Å². The van der Waals surface area contributed by atoms with Crippen LogP contribution in [0.3, 0.4) is 0 Å². The van der Waals surface area contributed by atoms with Crippen molar-refractivity contribution in [1.82, 2.24) is 10.2 Å². The summed E-state index contributed by atoms with van der Waals surface area (Å²) in [7, 11) is 3.08. The third-order valence-corrected chi connectivity index (χ3v) is 5.39. The number of carbonyl (C=O) groups is 2. The van der Waals surface area contributed by atoms with Crippen LogP contribution in [0.2, 0.25) is 0 Å². The van der Waals surface area contributed by atoms with Gasteiger partial charge < -0.3 is 20.1 Å². The fourth-order valence-electron chi connectivity index (χ4n) is 2.06. The Labute approximate surface area is 166 Å². The molecule has 0 unspecified atom stereocenters. The zero-order chi connectivity index (χ0) is 19.6. The first-order valence-corrected chi connectivity index (χ1v) is 10.1. The van der Waals surface area contributed by atoms with Gasteiger partial charge in [-0.25, -0.2) is 0 Å². The maximum absolute atomic E-state index is 12.2. The van der Waals surface area contributed by atoms with E-state index < -0.39 is 0 Å². The fourth-order valence-corrected chi connectivity index (χ4v) is 3.63. The van der Waals surface area contributed by atoms with Gasteiger partial charge in [-0.2, -0.15) is 0 Å². The van der Waals surface area contributed by atoms with Gasteiger partial charge >= 0.3 is 0 Å². The average Bonchev–Trinajstić information content (AvgIpc) is 3.11. The number of thioether (sulfide) groups is 1. The van der Waals surface area contributed by atoms with Gasteiger partial charge in [-0.05, 0) is 18.6 Å². The van der Waals surface area contributed by atoms with Crippen LogP contribution in [0, 0.1) is 0 Å². The van der Waals surface area contributed by atoms with Crippen molar-refractivity contribution in [1.29, 1.82) is 0 Å². The molecule has 2 aromatic rings. The Kier molecular flexibility index (Phi) is 8.34. The molecule has 2 rings (SSSR count). The molecule has 0 saturated carbocycles. The molecule has 8 nitrogen and oxygen atoms in total. The second-order valence-corrected chi connectivity index (χ2v) is 7.63. The van der Waals surface area contributed by atoms with Crippen molar-refractivity contribution < 1.29 is 19.1 Å². The molecule has 0 aliphatic carbocycles. The lowest BCUT2D eigenvalue weighted by molar-refractivity contribution is -0.116. The molecular weight excluding hydrogens is 388 g/mol. The van der Waals surface area contributed by atoms with E-state index in [4.69, 9.17) is 9.47 Å². The third-order valence-electron chi connectivity index (χ3n) is 3.42. The standard InChI is InChI=1S/C17H22N4O4S2/c1-4-5-6-14(22)19-16-20-21-17(27-16)26-10-15(23)18-12-9-11(24-2)7-8-13(12)25-3/h7-9H,4-6,10H2,1-3H3,(H,18,23)(H,19,20,22). The summed E-state index contributed by atoms with van der Waals surface area (Å²) < 4.78 is 11.0. The van der Waals surface area contributed by atoms with Crippen LogP contribution in [0.5, 0.6) is 11.5 Å². The highest BCUT2D eigenvalue weighted by atomic mass is 32.2. The summed E-state index contributed by atoms with van der Waals surface area (Å²) in [5.41, 5.74) is 0.531. The highest BCUT2D eigenvalue weighted by Crippen LogP contribution is 2.30. The highest BCUT2D eigenvalue weighted by molar-refractivity contribution is 8.01. The SMILES string of the molecule is CCCCC(=O)Nc1nnc(SCC(=O)Nc2cc(OC)ccc2OC)s1. The van der Waals surface area contributed by atoms with E-state index in [2.05, 4.69) is 20.8 Å². The van der Waals surface area contributed by atoms with E-state index in [1.54, 1.807) is 25.3 Å². The molecule has 0 spiro atoms. The van der Waals surface area contributed by atoms with Gasteiger partial charge in [-0.15, -0.1) is 10.2 Å². The summed E-state index contributed by atoms with van der Waals surface area (Å²) >= 11 is 2.49. The average molecular weight is 411 g/mol.